The van der Waals surface area contributed by atoms with E-state index in [0.29, 0.717) is 41.4 Å². The minimum absolute atomic E-state index is 0.194. The summed E-state index contributed by atoms with van der Waals surface area (Å²) in [5, 5.41) is 31.5. The average molecular weight is 435 g/mol. The zero-order chi connectivity index (χ0) is 22.6. The van der Waals surface area contributed by atoms with Crippen LogP contribution < -0.4 is 0 Å². The molecule has 0 radical (unpaired) electrons. The Balaban J connectivity index is 1.62. The topological polar surface area (TPSA) is 77.8 Å². The normalized spacial score (nSPS) is 50.3. The van der Waals surface area contributed by atoms with Crippen molar-refractivity contribution in [3.05, 3.63) is 0 Å². The predicted molar refractivity (Wildman–Crippen MR) is 122 cm³/mol. The van der Waals surface area contributed by atoms with Crippen LogP contribution in [-0.4, -0.2) is 33.5 Å². The summed E-state index contributed by atoms with van der Waals surface area (Å²) in [6.07, 6.45) is 10.5. The van der Waals surface area contributed by atoms with Gasteiger partial charge in [-0.05, 0) is 110 Å². The third-order valence-electron chi connectivity index (χ3n) is 11.1. The summed E-state index contributed by atoms with van der Waals surface area (Å²) in [6, 6.07) is 0. The van der Waals surface area contributed by atoms with E-state index in [4.69, 9.17) is 0 Å². The number of fused-ring (bicyclic) bond motifs is 5. The number of hydrogen-bond acceptors (Lipinski definition) is 3. The predicted octanol–water partition coefficient (Wildman–Crippen LogP) is 5.50. The van der Waals surface area contributed by atoms with Gasteiger partial charge >= 0.3 is 5.97 Å². The second-order valence-corrected chi connectivity index (χ2v) is 12.4. The van der Waals surface area contributed by atoms with Crippen molar-refractivity contribution in [3.63, 3.8) is 0 Å². The maximum Gasteiger partial charge on any atom is 0.303 e. The van der Waals surface area contributed by atoms with Crippen LogP contribution in [0.3, 0.4) is 0 Å². The molecule has 178 valence electrons. The number of carbonyl (C=O) groups is 1. The lowest BCUT2D eigenvalue weighted by Crippen LogP contribution is -2.62. The van der Waals surface area contributed by atoms with Crippen LogP contribution in [0.15, 0.2) is 0 Å². The van der Waals surface area contributed by atoms with Gasteiger partial charge in [-0.25, -0.2) is 0 Å². The van der Waals surface area contributed by atoms with Gasteiger partial charge in [-0.1, -0.05) is 34.1 Å². The molecule has 4 aliphatic carbocycles. The number of carboxylic acids is 1. The number of aliphatic hydroxyl groups is 2. The molecule has 1 unspecified atom stereocenters. The molecule has 0 aliphatic heterocycles. The van der Waals surface area contributed by atoms with Crippen LogP contribution in [0.5, 0.6) is 0 Å². The second-order valence-electron chi connectivity index (χ2n) is 12.4. The lowest BCUT2D eigenvalue weighted by molar-refractivity contribution is -0.204. The lowest BCUT2D eigenvalue weighted by atomic mass is 9.41. The number of rotatable bonds is 6. The summed E-state index contributed by atoms with van der Waals surface area (Å²) in [5.74, 6) is 2.60. The van der Waals surface area contributed by atoms with Crippen LogP contribution in [-0.2, 0) is 4.79 Å². The molecule has 0 heterocycles. The summed E-state index contributed by atoms with van der Waals surface area (Å²) in [4.78, 5) is 11.2. The third-order valence-corrected chi connectivity index (χ3v) is 11.1. The van der Waals surface area contributed by atoms with Crippen molar-refractivity contribution in [2.24, 2.45) is 52.3 Å². The van der Waals surface area contributed by atoms with E-state index in [1.165, 1.54) is 25.7 Å². The fourth-order valence-electron chi connectivity index (χ4n) is 9.66. The highest BCUT2D eigenvalue weighted by Gasteiger charge is 2.64. The molecule has 4 nitrogen and oxygen atoms in total. The fraction of sp³-hybridized carbons (Fsp3) is 0.963. The molecular weight excluding hydrogens is 388 g/mol. The maximum absolute atomic E-state index is 11.8. The molecule has 11 atom stereocenters. The summed E-state index contributed by atoms with van der Waals surface area (Å²) < 4.78 is 0. The molecule has 0 aromatic rings. The first kappa shape index (κ1) is 23.5. The lowest BCUT2D eigenvalue weighted by Gasteiger charge is -2.65. The highest BCUT2D eigenvalue weighted by molar-refractivity contribution is 5.66. The summed E-state index contributed by atoms with van der Waals surface area (Å²) >= 11 is 0. The number of aliphatic hydroxyl groups excluding tert-OH is 2. The molecule has 3 N–H and O–H groups in total. The molecule has 4 fully saturated rings. The molecule has 0 saturated heterocycles. The Morgan fingerprint density at radius 2 is 1.68 bits per heavy atom. The van der Waals surface area contributed by atoms with E-state index in [1.807, 2.05) is 0 Å². The van der Waals surface area contributed by atoms with Gasteiger partial charge in [0, 0.05) is 6.42 Å². The highest BCUT2D eigenvalue weighted by atomic mass is 16.4. The number of hydrogen-bond donors (Lipinski definition) is 3. The number of aliphatic carboxylic acids is 1. The van der Waals surface area contributed by atoms with E-state index >= 15 is 0 Å². The standard InChI is InChI=1S/C27H46O4/c1-5-6-18-22-15-17(28)11-13-27(22,4)21-12-14-26(3)19(16(2)7-10-23(29)30)8-9-20(26)24(21)25(18)31/h16-22,24-25,28,31H,5-15H2,1-4H3,(H,29,30)/t16-,17-,18-,19-,20+,21+,22?,24+,25-,26-,27-/m1/s1. The van der Waals surface area contributed by atoms with Crippen LogP contribution in [0.4, 0.5) is 0 Å². The molecule has 0 bridgehead atoms. The Hall–Kier alpha value is -0.610. The zero-order valence-corrected chi connectivity index (χ0v) is 20.2. The van der Waals surface area contributed by atoms with Crippen LogP contribution in [0.25, 0.3) is 0 Å². The van der Waals surface area contributed by atoms with Gasteiger partial charge in [0.25, 0.3) is 0 Å². The van der Waals surface area contributed by atoms with Gasteiger partial charge in [0.15, 0.2) is 0 Å². The molecule has 0 amide bonds. The Morgan fingerprint density at radius 1 is 1.00 bits per heavy atom. The van der Waals surface area contributed by atoms with Crippen molar-refractivity contribution in [1.29, 1.82) is 0 Å². The SMILES string of the molecule is CCC[C@@H]1C2C[C@H](O)CC[C@]2(C)[C@H]2CC[C@]3(C)[C@@H]([C@H](C)CCC(=O)O)CC[C@H]3[C@@H]2[C@@H]1O. The van der Waals surface area contributed by atoms with Crippen molar-refractivity contribution in [2.75, 3.05) is 0 Å². The molecule has 4 heteroatoms. The number of carboxylic acid groups (broad SMARTS) is 1. The minimum Gasteiger partial charge on any atom is -0.481 e. The highest BCUT2D eigenvalue weighted by Crippen LogP contribution is 2.69. The van der Waals surface area contributed by atoms with Crippen molar-refractivity contribution >= 4 is 5.97 Å². The van der Waals surface area contributed by atoms with Gasteiger partial charge in [0.2, 0.25) is 0 Å². The molecule has 4 rings (SSSR count). The first-order valence-corrected chi connectivity index (χ1v) is 13.2. The van der Waals surface area contributed by atoms with Gasteiger partial charge in [-0.3, -0.25) is 4.79 Å². The largest absolute Gasteiger partial charge is 0.481 e. The first-order valence-electron chi connectivity index (χ1n) is 13.2. The fourth-order valence-corrected chi connectivity index (χ4v) is 9.66. The smallest absolute Gasteiger partial charge is 0.303 e. The summed E-state index contributed by atoms with van der Waals surface area (Å²) in [6.45, 7) is 9.48. The monoisotopic (exact) mass is 434 g/mol. The van der Waals surface area contributed by atoms with Crippen molar-refractivity contribution in [1.82, 2.24) is 0 Å². The van der Waals surface area contributed by atoms with Gasteiger partial charge in [0.05, 0.1) is 12.2 Å². The van der Waals surface area contributed by atoms with Gasteiger partial charge in [-0.2, -0.15) is 0 Å². The summed E-state index contributed by atoms with van der Waals surface area (Å²) in [5.41, 5.74) is 0.478. The molecule has 4 saturated carbocycles. The Morgan fingerprint density at radius 3 is 2.35 bits per heavy atom. The average Bonchev–Trinajstić information content (AvgIpc) is 3.07. The third kappa shape index (κ3) is 3.78. The van der Waals surface area contributed by atoms with Gasteiger partial charge in [-0.15, -0.1) is 0 Å². The minimum atomic E-state index is -0.682. The first-order chi connectivity index (χ1) is 14.6. The van der Waals surface area contributed by atoms with Crippen molar-refractivity contribution in [3.8, 4) is 0 Å². The van der Waals surface area contributed by atoms with E-state index in [0.717, 1.165) is 38.5 Å². The van der Waals surface area contributed by atoms with Crippen molar-refractivity contribution < 1.29 is 20.1 Å². The van der Waals surface area contributed by atoms with Crippen LogP contribution in [0, 0.1) is 52.3 Å². The van der Waals surface area contributed by atoms with Crippen LogP contribution >= 0.6 is 0 Å². The molecule has 0 aromatic carbocycles. The quantitative estimate of drug-likeness (QED) is 0.515. The van der Waals surface area contributed by atoms with Crippen molar-refractivity contribution in [2.45, 2.75) is 111 Å². The zero-order valence-electron chi connectivity index (χ0n) is 20.2. The molecule has 31 heavy (non-hydrogen) atoms. The van der Waals surface area contributed by atoms with E-state index in [1.54, 1.807) is 0 Å². The molecule has 4 aliphatic rings. The van der Waals surface area contributed by atoms with E-state index < -0.39 is 5.97 Å². The second kappa shape index (κ2) is 8.63. The Bertz CT molecular complexity index is 664. The Labute approximate surface area is 189 Å². The van der Waals surface area contributed by atoms with Crippen LogP contribution in [0.2, 0.25) is 0 Å². The summed E-state index contributed by atoms with van der Waals surface area (Å²) in [7, 11) is 0. The maximum atomic E-state index is 11.8. The van der Waals surface area contributed by atoms with Gasteiger partial charge in [0.1, 0.15) is 0 Å². The van der Waals surface area contributed by atoms with Crippen LogP contribution in [0.1, 0.15) is 98.3 Å². The van der Waals surface area contributed by atoms with Gasteiger partial charge < -0.3 is 15.3 Å². The van der Waals surface area contributed by atoms with E-state index in [2.05, 4.69) is 27.7 Å². The molecular formula is C27H46O4. The van der Waals surface area contributed by atoms with E-state index in [9.17, 15) is 20.1 Å². The Kier molecular flexibility index (Phi) is 6.55. The van der Waals surface area contributed by atoms with E-state index in [-0.39, 0.29) is 29.5 Å². The molecule has 0 aromatic heterocycles. The molecule has 0 spiro atoms.